The number of hydrogen-bond acceptors (Lipinski definition) is 5. The lowest BCUT2D eigenvalue weighted by Crippen LogP contribution is -2.30. The number of nitrogens with one attached hydrogen (secondary N) is 2. The Morgan fingerprint density at radius 2 is 1.50 bits per heavy atom. The number of ketones is 1. The largest absolute Gasteiger partial charge is 0.494 e. The molecule has 0 unspecified atom stereocenters. The van der Waals surface area contributed by atoms with Gasteiger partial charge in [-0.15, -0.1) is 11.8 Å². The van der Waals surface area contributed by atoms with Gasteiger partial charge in [0.1, 0.15) is 11.4 Å². The molecule has 8 heteroatoms. The molecule has 0 radical (unpaired) electrons. The first-order valence-electron chi connectivity index (χ1n) is 12.5. The summed E-state index contributed by atoms with van der Waals surface area (Å²) < 4.78 is 5.42. The highest BCUT2D eigenvalue weighted by Crippen LogP contribution is 2.23. The Hall–Kier alpha value is -4.33. The highest BCUT2D eigenvalue weighted by molar-refractivity contribution is 8.00. The second-order valence-corrected chi connectivity index (χ2v) is 10.1. The predicted octanol–water partition coefficient (Wildman–Crippen LogP) is 7.12. The SMILES string of the molecule is CCOc1ccc(C(=O)CSc2ccc(NC(=O)/C(=C/c3ccc(Cl)cc3)NC(=O)c3ccccc3)cc2)cc1. The first-order valence-corrected chi connectivity index (χ1v) is 13.9. The molecule has 0 saturated heterocycles. The number of halogens is 1. The number of amides is 2. The van der Waals surface area contributed by atoms with E-state index in [0.717, 1.165) is 10.6 Å². The number of Topliss-reactive ketones (excluding diaryl/α,β-unsaturated/α-hetero) is 1. The summed E-state index contributed by atoms with van der Waals surface area (Å²) in [5.74, 6) is 0.135. The second-order valence-electron chi connectivity index (χ2n) is 8.58. The Kier molecular flexibility index (Phi) is 10.2. The molecular weight excluding hydrogens is 544 g/mol. The van der Waals surface area contributed by atoms with Crippen molar-refractivity contribution < 1.29 is 19.1 Å². The van der Waals surface area contributed by atoms with Crippen LogP contribution in [-0.4, -0.2) is 30.0 Å². The van der Waals surface area contributed by atoms with Crippen molar-refractivity contribution in [2.45, 2.75) is 11.8 Å². The summed E-state index contributed by atoms with van der Waals surface area (Å²) in [5, 5.41) is 6.11. The first-order chi connectivity index (χ1) is 19.4. The minimum Gasteiger partial charge on any atom is -0.494 e. The van der Waals surface area contributed by atoms with Crippen LogP contribution in [0.3, 0.4) is 0 Å². The van der Waals surface area contributed by atoms with Gasteiger partial charge in [0.25, 0.3) is 11.8 Å². The topological polar surface area (TPSA) is 84.5 Å². The van der Waals surface area contributed by atoms with Crippen molar-refractivity contribution in [3.8, 4) is 5.75 Å². The summed E-state index contributed by atoms with van der Waals surface area (Å²) >= 11 is 7.40. The molecule has 0 atom stereocenters. The Morgan fingerprint density at radius 3 is 2.15 bits per heavy atom. The second kappa shape index (κ2) is 14.2. The van der Waals surface area contributed by atoms with Gasteiger partial charge in [-0.25, -0.2) is 0 Å². The van der Waals surface area contributed by atoms with Crippen molar-refractivity contribution in [3.63, 3.8) is 0 Å². The van der Waals surface area contributed by atoms with Gasteiger partial charge >= 0.3 is 0 Å². The first kappa shape index (κ1) is 28.7. The quantitative estimate of drug-likeness (QED) is 0.114. The van der Waals surface area contributed by atoms with Crippen molar-refractivity contribution in [1.29, 1.82) is 0 Å². The van der Waals surface area contributed by atoms with Crippen LogP contribution in [0.25, 0.3) is 6.08 Å². The maximum atomic E-state index is 13.2. The Balaban J connectivity index is 1.40. The normalized spacial score (nSPS) is 11.0. The van der Waals surface area contributed by atoms with Gasteiger partial charge in [-0.3, -0.25) is 14.4 Å². The van der Waals surface area contributed by atoms with Gasteiger partial charge in [0.15, 0.2) is 5.78 Å². The smallest absolute Gasteiger partial charge is 0.272 e. The number of thioether (sulfide) groups is 1. The maximum Gasteiger partial charge on any atom is 0.272 e. The number of carbonyl (C=O) groups is 3. The van der Waals surface area contributed by atoms with E-state index in [-0.39, 0.29) is 17.2 Å². The van der Waals surface area contributed by atoms with Crippen molar-refractivity contribution in [1.82, 2.24) is 5.32 Å². The molecule has 2 amide bonds. The number of hydrogen-bond donors (Lipinski definition) is 2. The highest BCUT2D eigenvalue weighted by Gasteiger charge is 2.15. The summed E-state index contributed by atoms with van der Waals surface area (Å²) in [4.78, 5) is 39.4. The van der Waals surface area contributed by atoms with Gasteiger partial charge in [0.05, 0.1) is 12.4 Å². The average Bonchev–Trinajstić information content (AvgIpc) is 2.98. The molecule has 0 heterocycles. The van der Waals surface area contributed by atoms with Gasteiger partial charge < -0.3 is 15.4 Å². The zero-order valence-electron chi connectivity index (χ0n) is 21.7. The zero-order chi connectivity index (χ0) is 28.3. The molecule has 202 valence electrons. The van der Waals surface area contributed by atoms with Crippen LogP contribution in [0.5, 0.6) is 5.75 Å². The van der Waals surface area contributed by atoms with Gasteiger partial charge in [-0.2, -0.15) is 0 Å². The molecular formula is C32H27ClN2O4S. The third kappa shape index (κ3) is 8.33. The fraction of sp³-hybridized carbons (Fsp3) is 0.0938. The molecule has 2 N–H and O–H groups in total. The van der Waals surface area contributed by atoms with E-state index in [0.29, 0.717) is 34.0 Å². The van der Waals surface area contributed by atoms with Crippen molar-refractivity contribution in [2.24, 2.45) is 0 Å². The zero-order valence-corrected chi connectivity index (χ0v) is 23.3. The van der Waals surface area contributed by atoms with Gasteiger partial charge in [0.2, 0.25) is 0 Å². The van der Waals surface area contributed by atoms with E-state index >= 15 is 0 Å². The molecule has 0 aliphatic heterocycles. The predicted molar refractivity (Wildman–Crippen MR) is 161 cm³/mol. The molecule has 4 rings (SSSR count). The van der Waals surface area contributed by atoms with Crippen LogP contribution in [0.15, 0.2) is 114 Å². The lowest BCUT2D eigenvalue weighted by atomic mass is 10.1. The van der Waals surface area contributed by atoms with Gasteiger partial charge in [0, 0.05) is 26.7 Å². The Morgan fingerprint density at radius 1 is 0.825 bits per heavy atom. The molecule has 0 aliphatic rings. The summed E-state index contributed by atoms with van der Waals surface area (Å²) in [6, 6.07) is 29.8. The number of carbonyl (C=O) groups excluding carboxylic acids is 3. The number of anilines is 1. The van der Waals surface area contributed by atoms with Crippen molar-refractivity contribution in [3.05, 3.63) is 131 Å². The molecule has 0 fully saturated rings. The van der Waals surface area contributed by atoms with Crippen LogP contribution in [0.4, 0.5) is 5.69 Å². The van der Waals surface area contributed by atoms with E-state index in [2.05, 4.69) is 10.6 Å². The van der Waals surface area contributed by atoms with Crippen molar-refractivity contribution >= 4 is 52.7 Å². The summed E-state index contributed by atoms with van der Waals surface area (Å²) in [6.45, 7) is 2.48. The van der Waals surface area contributed by atoms with Crippen LogP contribution in [0.2, 0.25) is 5.02 Å². The van der Waals surface area contributed by atoms with E-state index in [9.17, 15) is 14.4 Å². The molecule has 0 spiro atoms. The lowest BCUT2D eigenvalue weighted by Gasteiger charge is -2.12. The number of benzene rings is 4. The van der Waals surface area contributed by atoms with Crippen LogP contribution in [-0.2, 0) is 4.79 Å². The number of rotatable bonds is 11. The molecule has 0 bridgehead atoms. The third-order valence-electron chi connectivity index (χ3n) is 5.68. The van der Waals surface area contributed by atoms with E-state index in [4.69, 9.17) is 16.3 Å². The Bertz CT molecular complexity index is 1490. The summed E-state index contributed by atoms with van der Waals surface area (Å²) in [6.07, 6.45) is 1.59. The van der Waals surface area contributed by atoms with Crippen LogP contribution in [0, 0.1) is 0 Å². The molecule has 4 aromatic rings. The van der Waals surface area contributed by atoms with Crippen molar-refractivity contribution in [2.75, 3.05) is 17.7 Å². The van der Waals surface area contributed by atoms with Gasteiger partial charge in [-0.1, -0.05) is 41.9 Å². The fourth-order valence-electron chi connectivity index (χ4n) is 3.64. The maximum absolute atomic E-state index is 13.2. The highest BCUT2D eigenvalue weighted by atomic mass is 35.5. The van der Waals surface area contributed by atoms with Gasteiger partial charge in [-0.05, 0) is 91.4 Å². The fourth-order valence-corrected chi connectivity index (χ4v) is 4.56. The molecule has 0 aliphatic carbocycles. The number of ether oxygens (including phenoxy) is 1. The lowest BCUT2D eigenvalue weighted by molar-refractivity contribution is -0.113. The molecule has 0 saturated carbocycles. The monoisotopic (exact) mass is 570 g/mol. The van der Waals surface area contributed by atoms with E-state index < -0.39 is 11.8 Å². The van der Waals surface area contributed by atoms with E-state index in [1.54, 1.807) is 91.0 Å². The van der Waals surface area contributed by atoms with Crippen LogP contribution >= 0.6 is 23.4 Å². The molecule has 40 heavy (non-hydrogen) atoms. The summed E-state index contributed by atoms with van der Waals surface area (Å²) in [7, 11) is 0. The average molecular weight is 571 g/mol. The van der Waals surface area contributed by atoms with E-state index in [1.807, 2.05) is 25.1 Å². The molecule has 4 aromatic carbocycles. The Labute approximate surface area is 242 Å². The van der Waals surface area contributed by atoms with E-state index in [1.165, 1.54) is 11.8 Å². The standard InChI is InChI=1S/C32H27ClN2O4S/c1-2-39-27-16-10-23(11-17-27)30(36)21-40-28-18-14-26(15-19-28)34-32(38)29(20-22-8-12-25(33)13-9-22)35-31(37)24-6-4-3-5-7-24/h3-20H,2,21H2,1H3,(H,34,38)(H,35,37)/b29-20-. The summed E-state index contributed by atoms with van der Waals surface area (Å²) in [5.41, 5.74) is 2.38. The molecule has 6 nitrogen and oxygen atoms in total. The third-order valence-corrected chi connectivity index (χ3v) is 6.94. The van der Waals surface area contributed by atoms with Crippen LogP contribution in [0.1, 0.15) is 33.2 Å². The molecule has 0 aromatic heterocycles. The minimum atomic E-state index is -0.481. The minimum absolute atomic E-state index is 0.0107. The van der Waals surface area contributed by atoms with Crippen LogP contribution < -0.4 is 15.4 Å².